The maximum atomic E-state index is 12.8. The van der Waals surface area contributed by atoms with Crippen LogP contribution in [0.4, 0.5) is 5.69 Å². The van der Waals surface area contributed by atoms with Crippen LogP contribution in [-0.2, 0) is 4.79 Å². The first-order chi connectivity index (χ1) is 13.0. The second-order valence-electron chi connectivity index (χ2n) is 5.96. The first-order valence-electron chi connectivity index (χ1n) is 8.46. The van der Waals surface area contributed by atoms with Gasteiger partial charge in [-0.2, -0.15) is 11.8 Å². The second kappa shape index (κ2) is 10.2. The number of hydrogen-bond donors (Lipinski definition) is 2. The quantitative estimate of drug-likeness (QED) is 0.691. The van der Waals surface area contributed by atoms with Gasteiger partial charge in [-0.25, -0.2) is 0 Å². The average Bonchev–Trinajstić information content (AvgIpc) is 2.67. The summed E-state index contributed by atoms with van der Waals surface area (Å²) in [6.07, 6.45) is 2.46. The fourth-order valence-electron chi connectivity index (χ4n) is 2.52. The molecule has 5 nitrogen and oxygen atoms in total. The zero-order valence-corrected chi connectivity index (χ0v) is 17.1. The van der Waals surface area contributed by atoms with Gasteiger partial charge in [0.25, 0.3) is 5.91 Å². The minimum atomic E-state index is -0.673. The Morgan fingerprint density at radius 1 is 1.22 bits per heavy atom. The van der Waals surface area contributed by atoms with Gasteiger partial charge in [-0.05, 0) is 55.2 Å². The molecule has 144 valence electrons. The summed E-state index contributed by atoms with van der Waals surface area (Å²) in [7, 11) is 1.51. The molecule has 0 aliphatic heterocycles. The first-order valence-corrected chi connectivity index (χ1v) is 10.2. The van der Waals surface area contributed by atoms with E-state index >= 15 is 0 Å². The number of anilines is 1. The van der Waals surface area contributed by atoms with Gasteiger partial charge in [0, 0.05) is 10.7 Å². The molecule has 0 spiro atoms. The highest BCUT2D eigenvalue weighted by Crippen LogP contribution is 2.21. The number of rotatable bonds is 8. The van der Waals surface area contributed by atoms with Crippen LogP contribution in [0.3, 0.4) is 0 Å². The number of carbonyl (C=O) groups excluding carboxylic acids is 2. The molecule has 27 heavy (non-hydrogen) atoms. The molecule has 2 aromatic rings. The number of halogens is 1. The topological polar surface area (TPSA) is 67.4 Å². The normalized spacial score (nSPS) is 11.6. The van der Waals surface area contributed by atoms with E-state index in [1.165, 1.54) is 7.11 Å². The molecule has 0 saturated carbocycles. The smallest absolute Gasteiger partial charge is 0.255 e. The maximum Gasteiger partial charge on any atom is 0.255 e. The maximum absolute atomic E-state index is 12.8. The van der Waals surface area contributed by atoms with Crippen LogP contribution in [0.25, 0.3) is 0 Å². The number of nitrogens with one attached hydrogen (secondary N) is 2. The molecule has 2 rings (SSSR count). The average molecular weight is 407 g/mol. The van der Waals surface area contributed by atoms with Gasteiger partial charge in [-0.3, -0.25) is 9.59 Å². The van der Waals surface area contributed by atoms with Crippen LogP contribution in [0.1, 0.15) is 22.3 Å². The highest BCUT2D eigenvalue weighted by Gasteiger charge is 2.23. The summed E-state index contributed by atoms with van der Waals surface area (Å²) in [5.41, 5.74) is 1.92. The third-order valence-electron chi connectivity index (χ3n) is 4.04. The predicted octanol–water partition coefficient (Wildman–Crippen LogP) is 4.15. The highest BCUT2D eigenvalue weighted by atomic mass is 35.5. The van der Waals surface area contributed by atoms with Crippen molar-refractivity contribution in [1.82, 2.24) is 5.32 Å². The lowest BCUT2D eigenvalue weighted by Crippen LogP contribution is -2.44. The molecular weight excluding hydrogens is 384 g/mol. The van der Waals surface area contributed by atoms with Crippen molar-refractivity contribution in [2.24, 2.45) is 0 Å². The van der Waals surface area contributed by atoms with E-state index in [0.29, 0.717) is 28.4 Å². The Morgan fingerprint density at radius 3 is 2.67 bits per heavy atom. The molecule has 0 bridgehead atoms. The summed E-state index contributed by atoms with van der Waals surface area (Å²) in [6.45, 7) is 1.89. The molecular formula is C20H23ClN2O3S. The summed E-state index contributed by atoms with van der Waals surface area (Å²) in [6, 6.07) is 11.5. The van der Waals surface area contributed by atoms with Crippen molar-refractivity contribution in [3.8, 4) is 5.75 Å². The molecule has 0 fully saturated rings. The molecule has 0 saturated heterocycles. The van der Waals surface area contributed by atoms with E-state index in [4.69, 9.17) is 16.3 Å². The number of para-hydroxylation sites is 1. The van der Waals surface area contributed by atoms with E-state index in [2.05, 4.69) is 10.6 Å². The molecule has 2 amide bonds. The summed E-state index contributed by atoms with van der Waals surface area (Å²) in [4.78, 5) is 25.5. The van der Waals surface area contributed by atoms with Gasteiger partial charge in [0.2, 0.25) is 5.91 Å². The SMILES string of the molecule is COc1ccccc1C(=O)N[C@H](CCSC)C(=O)Nc1cc(Cl)ccc1C. The monoisotopic (exact) mass is 406 g/mol. The number of carbonyl (C=O) groups is 2. The molecule has 0 aliphatic carbocycles. The van der Waals surface area contributed by atoms with Crippen molar-refractivity contribution in [3.63, 3.8) is 0 Å². The molecule has 7 heteroatoms. The number of aryl methyl sites for hydroxylation is 1. The molecule has 2 N–H and O–H groups in total. The van der Waals surface area contributed by atoms with Crippen molar-refractivity contribution >= 4 is 40.9 Å². The van der Waals surface area contributed by atoms with Gasteiger partial charge in [-0.15, -0.1) is 0 Å². The predicted molar refractivity (Wildman–Crippen MR) is 112 cm³/mol. The Morgan fingerprint density at radius 2 is 1.96 bits per heavy atom. The van der Waals surface area contributed by atoms with Crippen LogP contribution < -0.4 is 15.4 Å². The number of amides is 2. The van der Waals surface area contributed by atoms with Crippen molar-refractivity contribution in [2.45, 2.75) is 19.4 Å². The third-order valence-corrected chi connectivity index (χ3v) is 4.92. The van der Waals surface area contributed by atoms with Gasteiger partial charge in [0.05, 0.1) is 12.7 Å². The zero-order valence-electron chi connectivity index (χ0n) is 15.5. The van der Waals surface area contributed by atoms with E-state index in [-0.39, 0.29) is 11.8 Å². The first kappa shape index (κ1) is 21.1. The Labute approximate surface area is 168 Å². The molecule has 0 aliphatic rings. The van der Waals surface area contributed by atoms with E-state index in [9.17, 15) is 9.59 Å². The molecule has 0 heterocycles. The molecule has 2 aromatic carbocycles. The minimum Gasteiger partial charge on any atom is -0.496 e. The lowest BCUT2D eigenvalue weighted by Gasteiger charge is -2.19. The summed E-state index contributed by atoms with van der Waals surface area (Å²) >= 11 is 7.64. The number of methoxy groups -OCH3 is 1. The number of thioether (sulfide) groups is 1. The van der Waals surface area contributed by atoms with Crippen LogP contribution in [-0.4, -0.2) is 37.0 Å². The van der Waals surface area contributed by atoms with E-state index in [1.807, 2.05) is 19.2 Å². The molecule has 0 radical (unpaired) electrons. The highest BCUT2D eigenvalue weighted by molar-refractivity contribution is 7.98. The van der Waals surface area contributed by atoms with Crippen molar-refractivity contribution < 1.29 is 14.3 Å². The van der Waals surface area contributed by atoms with Gasteiger partial charge < -0.3 is 15.4 Å². The largest absolute Gasteiger partial charge is 0.496 e. The summed E-state index contributed by atoms with van der Waals surface area (Å²) in [5, 5.41) is 6.22. The van der Waals surface area contributed by atoms with Crippen LogP contribution in [0.15, 0.2) is 42.5 Å². The van der Waals surface area contributed by atoms with Crippen LogP contribution in [0.5, 0.6) is 5.75 Å². The lowest BCUT2D eigenvalue weighted by molar-refractivity contribution is -0.118. The molecule has 0 aromatic heterocycles. The lowest BCUT2D eigenvalue weighted by atomic mass is 10.1. The number of ether oxygens (including phenoxy) is 1. The zero-order chi connectivity index (χ0) is 19.8. The van der Waals surface area contributed by atoms with Gasteiger partial charge in [-0.1, -0.05) is 29.8 Å². The van der Waals surface area contributed by atoms with Crippen molar-refractivity contribution in [2.75, 3.05) is 24.4 Å². The fraction of sp³-hybridized carbons (Fsp3) is 0.300. The Hall–Kier alpha value is -2.18. The van der Waals surface area contributed by atoms with Gasteiger partial charge in [0.1, 0.15) is 11.8 Å². The Bertz CT molecular complexity index is 814. The summed E-state index contributed by atoms with van der Waals surface area (Å²) < 4.78 is 5.23. The van der Waals surface area contributed by atoms with E-state index in [1.54, 1.807) is 48.2 Å². The van der Waals surface area contributed by atoms with Crippen molar-refractivity contribution in [1.29, 1.82) is 0 Å². The van der Waals surface area contributed by atoms with Crippen molar-refractivity contribution in [3.05, 3.63) is 58.6 Å². The van der Waals surface area contributed by atoms with Gasteiger partial charge >= 0.3 is 0 Å². The Kier molecular flexibility index (Phi) is 8.00. The number of benzene rings is 2. The second-order valence-corrected chi connectivity index (χ2v) is 7.38. The fourth-order valence-corrected chi connectivity index (χ4v) is 3.16. The molecule has 0 unspecified atom stereocenters. The van der Waals surface area contributed by atoms with Crippen LogP contribution >= 0.6 is 23.4 Å². The third kappa shape index (κ3) is 5.91. The minimum absolute atomic E-state index is 0.280. The van der Waals surface area contributed by atoms with E-state index in [0.717, 1.165) is 11.3 Å². The number of hydrogen-bond acceptors (Lipinski definition) is 4. The Balaban J connectivity index is 2.17. The summed E-state index contributed by atoms with van der Waals surface area (Å²) in [5.74, 6) is 0.567. The molecule has 1 atom stereocenters. The van der Waals surface area contributed by atoms with Crippen LogP contribution in [0.2, 0.25) is 5.02 Å². The van der Waals surface area contributed by atoms with Gasteiger partial charge in [0.15, 0.2) is 0 Å². The van der Waals surface area contributed by atoms with E-state index < -0.39 is 6.04 Å². The van der Waals surface area contributed by atoms with Crippen LogP contribution in [0, 0.1) is 6.92 Å². The standard InChI is InChI=1S/C20H23ClN2O3S/c1-13-8-9-14(21)12-17(13)23-20(25)16(10-11-27-3)22-19(24)15-6-4-5-7-18(15)26-2/h4-9,12,16H,10-11H2,1-3H3,(H,22,24)(H,23,25)/t16-/m1/s1.